The molecule has 3 rings (SSSR count). The second-order valence-corrected chi connectivity index (χ2v) is 7.37. The van der Waals surface area contributed by atoms with Crippen LogP contribution < -0.4 is 4.90 Å². The van der Waals surface area contributed by atoms with Gasteiger partial charge in [0.25, 0.3) is 0 Å². The van der Waals surface area contributed by atoms with Crippen LogP contribution in [-0.2, 0) is 0 Å². The number of piperidine rings is 1. The molecule has 0 amide bonds. The maximum Gasteiger partial charge on any atom is 0.336 e. The molecular weight excluding hydrogens is 330 g/mol. The van der Waals surface area contributed by atoms with Gasteiger partial charge < -0.3 is 10.0 Å². The van der Waals surface area contributed by atoms with E-state index in [1.807, 2.05) is 12.1 Å². The zero-order chi connectivity index (χ0) is 14.9. The van der Waals surface area contributed by atoms with Crippen molar-refractivity contribution in [3.05, 3.63) is 28.2 Å². The number of carbonyl (C=O) groups is 1. The van der Waals surface area contributed by atoms with Crippen LogP contribution in [0.15, 0.2) is 22.7 Å². The van der Waals surface area contributed by atoms with Crippen LogP contribution in [0.4, 0.5) is 5.69 Å². The van der Waals surface area contributed by atoms with Crippen molar-refractivity contribution in [3.8, 4) is 0 Å². The van der Waals surface area contributed by atoms with Gasteiger partial charge in [-0.2, -0.15) is 0 Å². The number of rotatable bonds is 2. The maximum atomic E-state index is 11.1. The van der Waals surface area contributed by atoms with E-state index in [1.54, 1.807) is 6.07 Å². The highest BCUT2D eigenvalue weighted by atomic mass is 79.9. The van der Waals surface area contributed by atoms with Gasteiger partial charge in [0.1, 0.15) is 0 Å². The van der Waals surface area contributed by atoms with Gasteiger partial charge in [0.15, 0.2) is 0 Å². The largest absolute Gasteiger partial charge is 0.478 e. The summed E-state index contributed by atoms with van der Waals surface area (Å²) < 4.78 is 0.672. The molecule has 0 unspecified atom stereocenters. The Morgan fingerprint density at radius 2 is 1.76 bits per heavy atom. The van der Waals surface area contributed by atoms with Crippen LogP contribution in [-0.4, -0.2) is 24.2 Å². The molecular formula is C17H22BrNO2. The lowest BCUT2D eigenvalue weighted by atomic mass is 9.68. The van der Waals surface area contributed by atoms with E-state index in [0.717, 1.165) is 18.8 Å². The van der Waals surface area contributed by atoms with Gasteiger partial charge in [-0.3, -0.25) is 0 Å². The quantitative estimate of drug-likeness (QED) is 0.839. The normalized spacial score (nSPS) is 21.5. The van der Waals surface area contributed by atoms with Crippen molar-refractivity contribution in [2.45, 2.75) is 44.9 Å². The predicted molar refractivity (Wildman–Crippen MR) is 88.1 cm³/mol. The predicted octanol–water partition coefficient (Wildman–Crippen LogP) is 4.70. The van der Waals surface area contributed by atoms with E-state index >= 15 is 0 Å². The molecule has 0 radical (unpaired) electrons. The monoisotopic (exact) mass is 351 g/mol. The summed E-state index contributed by atoms with van der Waals surface area (Å²) >= 11 is 3.38. The summed E-state index contributed by atoms with van der Waals surface area (Å²) in [6.07, 6.45) is 9.59. The molecule has 1 aromatic rings. The van der Waals surface area contributed by atoms with Crippen molar-refractivity contribution in [1.29, 1.82) is 0 Å². The number of aromatic carboxylic acids is 1. The Bertz CT molecular complexity index is 528. The number of carboxylic acid groups (broad SMARTS) is 1. The second kappa shape index (κ2) is 5.99. The van der Waals surface area contributed by atoms with Gasteiger partial charge in [0, 0.05) is 23.2 Å². The highest BCUT2D eigenvalue weighted by Crippen LogP contribution is 2.45. The molecule has 0 bridgehead atoms. The highest BCUT2D eigenvalue weighted by Gasteiger charge is 2.35. The minimum atomic E-state index is -0.881. The summed E-state index contributed by atoms with van der Waals surface area (Å²) in [5.41, 5.74) is 2.07. The fourth-order valence-corrected chi connectivity index (χ4v) is 4.45. The van der Waals surface area contributed by atoms with Gasteiger partial charge in [-0.25, -0.2) is 4.79 Å². The van der Waals surface area contributed by atoms with Gasteiger partial charge in [0.05, 0.1) is 5.56 Å². The van der Waals surface area contributed by atoms with E-state index in [2.05, 4.69) is 20.8 Å². The molecule has 114 valence electrons. The molecule has 21 heavy (non-hydrogen) atoms. The van der Waals surface area contributed by atoms with Crippen LogP contribution in [0.3, 0.4) is 0 Å². The Morgan fingerprint density at radius 1 is 1.10 bits per heavy atom. The molecule has 1 aromatic carbocycles. The standard InChI is InChI=1S/C17H22BrNO2/c18-15-12-13(4-5-14(15)16(20)21)19-10-8-17(9-11-19)6-2-1-3-7-17/h4-5,12H,1-3,6-11H2,(H,20,21). The topological polar surface area (TPSA) is 40.5 Å². The number of nitrogens with zero attached hydrogens (tertiary/aromatic N) is 1. The van der Waals surface area contributed by atoms with E-state index in [0.29, 0.717) is 15.5 Å². The van der Waals surface area contributed by atoms with Gasteiger partial charge >= 0.3 is 5.97 Å². The Kier molecular flexibility index (Phi) is 4.25. The lowest BCUT2D eigenvalue weighted by Gasteiger charge is -2.45. The smallest absolute Gasteiger partial charge is 0.336 e. The first-order valence-corrected chi connectivity index (χ1v) is 8.67. The van der Waals surface area contributed by atoms with E-state index in [9.17, 15) is 4.79 Å². The average Bonchev–Trinajstić information content (AvgIpc) is 2.48. The summed E-state index contributed by atoms with van der Waals surface area (Å²) in [5.74, 6) is -0.881. The lowest BCUT2D eigenvalue weighted by molar-refractivity contribution is 0.0696. The van der Waals surface area contributed by atoms with E-state index in [-0.39, 0.29) is 0 Å². The summed E-state index contributed by atoms with van der Waals surface area (Å²) in [4.78, 5) is 13.5. The molecule has 1 saturated heterocycles. The van der Waals surface area contributed by atoms with Gasteiger partial charge in [0.2, 0.25) is 0 Å². The van der Waals surface area contributed by atoms with Crippen LogP contribution in [0.25, 0.3) is 0 Å². The number of benzene rings is 1. The Morgan fingerprint density at radius 3 is 2.33 bits per heavy atom. The van der Waals surface area contributed by atoms with Crippen LogP contribution in [0.1, 0.15) is 55.3 Å². The zero-order valence-corrected chi connectivity index (χ0v) is 13.9. The Hall–Kier alpha value is -1.03. The van der Waals surface area contributed by atoms with Crippen LogP contribution >= 0.6 is 15.9 Å². The molecule has 0 atom stereocenters. The van der Waals surface area contributed by atoms with E-state index < -0.39 is 5.97 Å². The SMILES string of the molecule is O=C(O)c1ccc(N2CCC3(CCCCC3)CC2)cc1Br. The summed E-state index contributed by atoms with van der Waals surface area (Å²) in [7, 11) is 0. The molecule has 1 N–H and O–H groups in total. The summed E-state index contributed by atoms with van der Waals surface area (Å²) in [6.45, 7) is 2.19. The van der Waals surface area contributed by atoms with Crippen LogP contribution in [0.2, 0.25) is 0 Å². The average molecular weight is 352 g/mol. The number of hydrogen-bond acceptors (Lipinski definition) is 2. The number of carboxylic acids is 1. The van der Waals surface area contributed by atoms with Crippen molar-refractivity contribution < 1.29 is 9.90 Å². The minimum Gasteiger partial charge on any atom is -0.478 e. The van der Waals surface area contributed by atoms with Crippen molar-refractivity contribution in [1.82, 2.24) is 0 Å². The molecule has 1 aliphatic heterocycles. The van der Waals surface area contributed by atoms with Crippen molar-refractivity contribution in [2.75, 3.05) is 18.0 Å². The van der Waals surface area contributed by atoms with Gasteiger partial charge in [-0.1, -0.05) is 19.3 Å². The zero-order valence-electron chi connectivity index (χ0n) is 12.3. The van der Waals surface area contributed by atoms with E-state index in [1.165, 1.54) is 44.9 Å². The molecule has 1 saturated carbocycles. The highest BCUT2D eigenvalue weighted by molar-refractivity contribution is 9.10. The number of halogens is 1. The third kappa shape index (κ3) is 3.10. The minimum absolute atomic E-state index is 0.333. The molecule has 3 nitrogen and oxygen atoms in total. The molecule has 2 aliphatic rings. The van der Waals surface area contributed by atoms with Gasteiger partial charge in [-0.15, -0.1) is 0 Å². The summed E-state index contributed by atoms with van der Waals surface area (Å²) in [6, 6.07) is 5.59. The fourth-order valence-electron chi connectivity index (χ4n) is 3.92. The number of anilines is 1. The molecule has 0 aromatic heterocycles. The van der Waals surface area contributed by atoms with Crippen LogP contribution in [0, 0.1) is 5.41 Å². The molecule has 1 heterocycles. The fraction of sp³-hybridized carbons (Fsp3) is 0.588. The lowest BCUT2D eigenvalue weighted by Crippen LogP contribution is -2.41. The first kappa shape index (κ1) is 14.9. The van der Waals surface area contributed by atoms with Crippen molar-refractivity contribution in [2.24, 2.45) is 5.41 Å². The Labute approximate surface area is 134 Å². The first-order valence-electron chi connectivity index (χ1n) is 7.88. The maximum absolute atomic E-state index is 11.1. The van der Waals surface area contributed by atoms with Crippen molar-refractivity contribution in [3.63, 3.8) is 0 Å². The Balaban J connectivity index is 1.69. The van der Waals surface area contributed by atoms with Gasteiger partial charge in [-0.05, 0) is 65.2 Å². The third-order valence-electron chi connectivity index (χ3n) is 5.29. The third-order valence-corrected chi connectivity index (χ3v) is 5.94. The van der Waals surface area contributed by atoms with E-state index in [4.69, 9.17) is 5.11 Å². The molecule has 1 aliphatic carbocycles. The van der Waals surface area contributed by atoms with Crippen LogP contribution in [0.5, 0.6) is 0 Å². The number of hydrogen-bond donors (Lipinski definition) is 1. The molecule has 1 spiro atoms. The molecule has 2 fully saturated rings. The van der Waals surface area contributed by atoms with Crippen molar-refractivity contribution >= 4 is 27.6 Å². The molecule has 4 heteroatoms. The second-order valence-electron chi connectivity index (χ2n) is 6.52. The first-order chi connectivity index (χ1) is 10.1. The summed E-state index contributed by atoms with van der Waals surface area (Å²) in [5, 5.41) is 9.09.